The van der Waals surface area contributed by atoms with Gasteiger partial charge in [-0.3, -0.25) is 4.79 Å². The molecule has 0 aromatic rings. The van der Waals surface area contributed by atoms with Crippen molar-refractivity contribution in [2.45, 2.75) is 51.9 Å². The lowest BCUT2D eigenvalue weighted by molar-refractivity contribution is -0.149. The van der Waals surface area contributed by atoms with Crippen molar-refractivity contribution >= 4 is 12.0 Å². The summed E-state index contributed by atoms with van der Waals surface area (Å²) in [6.45, 7) is 2.89. The predicted octanol–water partition coefficient (Wildman–Crippen LogP) is 1.83. The minimum atomic E-state index is -0.830. The summed E-state index contributed by atoms with van der Waals surface area (Å²) >= 11 is 0. The molecule has 0 aliphatic heterocycles. The second-order valence-electron chi connectivity index (χ2n) is 5.87. The molecule has 0 bridgehead atoms. The summed E-state index contributed by atoms with van der Waals surface area (Å²) in [4.78, 5) is 25.3. The molecule has 122 valence electrons. The van der Waals surface area contributed by atoms with Crippen molar-refractivity contribution < 1.29 is 19.8 Å². The van der Waals surface area contributed by atoms with E-state index in [2.05, 4.69) is 5.32 Å². The van der Waals surface area contributed by atoms with E-state index in [1.165, 1.54) is 4.90 Å². The van der Waals surface area contributed by atoms with Gasteiger partial charge < -0.3 is 20.4 Å². The Labute approximate surface area is 126 Å². The van der Waals surface area contributed by atoms with Crippen LogP contribution in [0, 0.1) is 5.41 Å². The third-order valence-electron chi connectivity index (χ3n) is 4.24. The van der Waals surface area contributed by atoms with E-state index >= 15 is 0 Å². The lowest BCUT2D eigenvalue weighted by Crippen LogP contribution is -2.48. The molecule has 1 aliphatic rings. The molecular weight excluding hydrogens is 272 g/mol. The zero-order valence-corrected chi connectivity index (χ0v) is 12.9. The van der Waals surface area contributed by atoms with E-state index in [0.29, 0.717) is 19.4 Å². The molecule has 0 saturated heterocycles. The fourth-order valence-electron chi connectivity index (χ4n) is 2.93. The van der Waals surface area contributed by atoms with Crippen molar-refractivity contribution in [3.8, 4) is 0 Å². The minimum absolute atomic E-state index is 0.0858. The summed E-state index contributed by atoms with van der Waals surface area (Å²) in [5.74, 6) is -0.811. The Kier molecular flexibility index (Phi) is 7.50. The molecule has 0 radical (unpaired) electrons. The smallest absolute Gasteiger partial charge is 0.317 e. The van der Waals surface area contributed by atoms with Crippen LogP contribution in [0.2, 0.25) is 0 Å². The Morgan fingerprint density at radius 1 is 1.14 bits per heavy atom. The number of carbonyl (C=O) groups excluding carboxylic acids is 1. The summed E-state index contributed by atoms with van der Waals surface area (Å²) in [7, 11) is 0. The first-order valence-electron chi connectivity index (χ1n) is 7.93. The number of carboxylic acid groups (broad SMARTS) is 1. The Balaban J connectivity index is 2.63. The predicted molar refractivity (Wildman–Crippen MR) is 80.1 cm³/mol. The van der Waals surface area contributed by atoms with Crippen LogP contribution in [0.1, 0.15) is 51.9 Å². The third-order valence-corrected chi connectivity index (χ3v) is 4.24. The highest BCUT2D eigenvalue weighted by Gasteiger charge is 2.39. The number of amides is 2. The number of rotatable bonds is 7. The van der Waals surface area contributed by atoms with E-state index in [-0.39, 0.29) is 25.7 Å². The van der Waals surface area contributed by atoms with Crippen LogP contribution in [0.5, 0.6) is 0 Å². The van der Waals surface area contributed by atoms with Crippen LogP contribution < -0.4 is 5.32 Å². The van der Waals surface area contributed by atoms with Gasteiger partial charge in [0.05, 0.1) is 12.0 Å². The highest BCUT2D eigenvalue weighted by atomic mass is 16.4. The molecule has 6 heteroatoms. The number of hydrogen-bond acceptors (Lipinski definition) is 3. The second kappa shape index (κ2) is 8.87. The first kappa shape index (κ1) is 17.8. The quantitative estimate of drug-likeness (QED) is 0.626. The highest BCUT2D eigenvalue weighted by molar-refractivity contribution is 5.78. The second-order valence-corrected chi connectivity index (χ2v) is 5.87. The van der Waals surface area contributed by atoms with Crippen LogP contribution in [0.25, 0.3) is 0 Å². The average molecular weight is 300 g/mol. The minimum Gasteiger partial charge on any atom is -0.481 e. The normalized spacial score (nSPS) is 17.8. The number of nitrogens with zero attached hydrogens (tertiary/aromatic N) is 1. The summed E-state index contributed by atoms with van der Waals surface area (Å²) in [6.07, 6.45) is 5.98. The maximum atomic E-state index is 12.1. The van der Waals surface area contributed by atoms with Gasteiger partial charge in [0.2, 0.25) is 0 Å². The molecule has 3 N–H and O–H groups in total. The summed E-state index contributed by atoms with van der Waals surface area (Å²) in [6, 6.07) is -0.282. The first-order valence-corrected chi connectivity index (χ1v) is 7.93. The molecule has 0 unspecified atom stereocenters. The molecule has 21 heavy (non-hydrogen) atoms. The van der Waals surface area contributed by atoms with Gasteiger partial charge in [-0.1, -0.05) is 32.6 Å². The molecule has 0 heterocycles. The van der Waals surface area contributed by atoms with Gasteiger partial charge >= 0.3 is 12.0 Å². The number of carbonyl (C=O) groups is 2. The Morgan fingerprint density at radius 2 is 1.76 bits per heavy atom. The molecular formula is C15H28N2O4. The van der Waals surface area contributed by atoms with Gasteiger partial charge in [-0.2, -0.15) is 0 Å². The monoisotopic (exact) mass is 300 g/mol. The summed E-state index contributed by atoms with van der Waals surface area (Å²) < 4.78 is 0. The number of nitrogens with one attached hydrogen (secondary N) is 1. The van der Waals surface area contributed by atoms with Crippen LogP contribution >= 0.6 is 0 Å². The maximum absolute atomic E-state index is 12.1. The van der Waals surface area contributed by atoms with E-state index < -0.39 is 11.4 Å². The Hall–Kier alpha value is -1.30. The van der Waals surface area contributed by atoms with Crippen molar-refractivity contribution in [1.29, 1.82) is 0 Å². The van der Waals surface area contributed by atoms with Gasteiger partial charge in [0.25, 0.3) is 0 Å². The van der Waals surface area contributed by atoms with Gasteiger partial charge in [-0.05, 0) is 19.3 Å². The maximum Gasteiger partial charge on any atom is 0.317 e. The summed E-state index contributed by atoms with van der Waals surface area (Å²) in [5, 5.41) is 21.3. The molecule has 0 aromatic carbocycles. The van der Waals surface area contributed by atoms with Crippen molar-refractivity contribution in [2.75, 3.05) is 26.2 Å². The van der Waals surface area contributed by atoms with E-state index in [4.69, 9.17) is 5.11 Å². The summed E-state index contributed by atoms with van der Waals surface area (Å²) in [5.41, 5.74) is -0.830. The Bertz CT molecular complexity index is 333. The van der Waals surface area contributed by atoms with E-state index in [1.54, 1.807) is 0 Å². The van der Waals surface area contributed by atoms with Crippen molar-refractivity contribution in [1.82, 2.24) is 10.2 Å². The van der Waals surface area contributed by atoms with E-state index in [0.717, 1.165) is 32.1 Å². The first-order chi connectivity index (χ1) is 10.1. The fraction of sp³-hybridized carbons (Fsp3) is 0.867. The van der Waals surface area contributed by atoms with Crippen molar-refractivity contribution in [3.05, 3.63) is 0 Å². The average Bonchev–Trinajstić information content (AvgIpc) is 2.71. The zero-order chi connectivity index (χ0) is 15.7. The van der Waals surface area contributed by atoms with Gasteiger partial charge in [0.15, 0.2) is 0 Å². The SMILES string of the molecule is CCCN(CCO)C(=O)NCC1(C(=O)O)CCCCCC1. The number of urea groups is 1. The molecule has 2 amide bonds. The standard InChI is InChI=1S/C15H28N2O4/c1-2-9-17(10-11-18)14(21)16-12-15(13(19)20)7-5-3-4-6-8-15/h18H,2-12H2,1H3,(H,16,21)(H,19,20). The highest BCUT2D eigenvalue weighted by Crippen LogP contribution is 2.34. The number of hydrogen-bond donors (Lipinski definition) is 3. The van der Waals surface area contributed by atoms with Crippen LogP contribution in [0.4, 0.5) is 4.79 Å². The lowest BCUT2D eigenvalue weighted by Gasteiger charge is -2.30. The molecule has 1 aliphatic carbocycles. The van der Waals surface area contributed by atoms with Crippen molar-refractivity contribution in [3.63, 3.8) is 0 Å². The molecule has 0 spiro atoms. The fourth-order valence-corrected chi connectivity index (χ4v) is 2.93. The van der Waals surface area contributed by atoms with Crippen LogP contribution in [0.3, 0.4) is 0 Å². The molecule has 1 saturated carbocycles. The molecule has 0 atom stereocenters. The van der Waals surface area contributed by atoms with E-state index in [1.807, 2.05) is 6.92 Å². The van der Waals surface area contributed by atoms with Crippen molar-refractivity contribution in [2.24, 2.45) is 5.41 Å². The van der Waals surface area contributed by atoms with Gasteiger partial charge in [0.1, 0.15) is 0 Å². The molecule has 6 nitrogen and oxygen atoms in total. The van der Waals surface area contributed by atoms with E-state index in [9.17, 15) is 14.7 Å². The number of aliphatic hydroxyl groups is 1. The number of aliphatic carboxylic acids is 1. The number of aliphatic hydroxyl groups excluding tert-OH is 1. The molecule has 1 rings (SSSR count). The third kappa shape index (κ3) is 5.19. The Morgan fingerprint density at radius 3 is 2.24 bits per heavy atom. The topological polar surface area (TPSA) is 89.9 Å². The van der Waals surface area contributed by atoms with Gasteiger partial charge in [-0.15, -0.1) is 0 Å². The largest absolute Gasteiger partial charge is 0.481 e. The van der Waals surface area contributed by atoms with Crippen LogP contribution in [-0.4, -0.2) is 53.4 Å². The van der Waals surface area contributed by atoms with Crippen LogP contribution in [0.15, 0.2) is 0 Å². The molecule has 1 fully saturated rings. The van der Waals surface area contributed by atoms with Crippen LogP contribution in [-0.2, 0) is 4.79 Å². The van der Waals surface area contributed by atoms with Gasteiger partial charge in [-0.25, -0.2) is 4.79 Å². The van der Waals surface area contributed by atoms with Gasteiger partial charge in [0, 0.05) is 19.6 Å². The number of carboxylic acids is 1. The zero-order valence-electron chi connectivity index (χ0n) is 12.9. The lowest BCUT2D eigenvalue weighted by atomic mass is 9.80. The molecule has 0 aromatic heterocycles.